The largest absolute Gasteiger partial charge is 0.389 e. The van der Waals surface area contributed by atoms with Crippen LogP contribution >= 0.6 is 24.0 Å². The van der Waals surface area contributed by atoms with Crippen LogP contribution in [-0.2, 0) is 0 Å². The normalized spacial score (nSPS) is 16.5. The lowest BCUT2D eigenvalue weighted by atomic mass is 10.0. The summed E-state index contributed by atoms with van der Waals surface area (Å²) in [6, 6.07) is 6.19. The summed E-state index contributed by atoms with van der Waals surface area (Å²) in [6.45, 7) is 3.12. The molecule has 0 saturated carbocycles. The van der Waals surface area contributed by atoms with Crippen molar-refractivity contribution in [1.29, 1.82) is 0 Å². The molecule has 98 valence electrons. The minimum Gasteiger partial charge on any atom is -0.389 e. The highest BCUT2D eigenvalue weighted by Crippen LogP contribution is 2.24. The summed E-state index contributed by atoms with van der Waals surface area (Å²) in [5.41, 5.74) is 9.04. The van der Waals surface area contributed by atoms with Crippen molar-refractivity contribution in [3.63, 3.8) is 0 Å². The summed E-state index contributed by atoms with van der Waals surface area (Å²) in [7, 11) is 0. The molecule has 3 N–H and O–H groups in total. The molecule has 0 amide bonds. The smallest absolute Gasteiger partial charge is 0.106 e. The maximum atomic E-state index is 5.76. The standard InChI is InChI=1S/C14H20N2S2/c1-10-2-3-12(14(15)17)13(8-10)16-9-11-4-6-18-7-5-11/h2-3,8,11,16H,4-7,9H2,1H3,(H2,15,17). The first-order chi connectivity index (χ1) is 8.66. The lowest BCUT2D eigenvalue weighted by Gasteiger charge is -2.23. The monoisotopic (exact) mass is 280 g/mol. The van der Waals surface area contributed by atoms with Crippen LogP contribution in [0, 0.1) is 12.8 Å². The van der Waals surface area contributed by atoms with Gasteiger partial charge in [-0.2, -0.15) is 11.8 Å². The number of thioether (sulfide) groups is 1. The van der Waals surface area contributed by atoms with Crippen molar-refractivity contribution in [2.24, 2.45) is 11.7 Å². The van der Waals surface area contributed by atoms with E-state index < -0.39 is 0 Å². The molecule has 18 heavy (non-hydrogen) atoms. The molecule has 1 aromatic carbocycles. The minimum atomic E-state index is 0.469. The van der Waals surface area contributed by atoms with Crippen molar-refractivity contribution in [1.82, 2.24) is 0 Å². The summed E-state index contributed by atoms with van der Waals surface area (Å²) in [5.74, 6) is 3.37. The van der Waals surface area contributed by atoms with Gasteiger partial charge in [0, 0.05) is 17.8 Å². The van der Waals surface area contributed by atoms with Crippen molar-refractivity contribution >= 4 is 34.7 Å². The van der Waals surface area contributed by atoms with E-state index in [1.807, 2.05) is 6.07 Å². The molecule has 2 nitrogen and oxygen atoms in total. The van der Waals surface area contributed by atoms with Gasteiger partial charge in [-0.25, -0.2) is 0 Å². The van der Waals surface area contributed by atoms with Crippen LogP contribution in [0.3, 0.4) is 0 Å². The van der Waals surface area contributed by atoms with Gasteiger partial charge in [0.15, 0.2) is 0 Å². The van der Waals surface area contributed by atoms with Crippen molar-refractivity contribution in [2.45, 2.75) is 19.8 Å². The SMILES string of the molecule is Cc1ccc(C(N)=S)c(NCC2CCSCC2)c1. The zero-order valence-corrected chi connectivity index (χ0v) is 12.4. The molecule has 0 atom stereocenters. The summed E-state index contributed by atoms with van der Waals surface area (Å²) in [6.07, 6.45) is 2.62. The Kier molecular flexibility index (Phi) is 4.89. The number of nitrogens with two attached hydrogens (primary N) is 1. The van der Waals surface area contributed by atoms with Crippen LogP contribution in [0.25, 0.3) is 0 Å². The molecule has 1 aromatic rings. The number of thiocarbonyl (C=S) groups is 1. The van der Waals surface area contributed by atoms with Crippen LogP contribution in [0.5, 0.6) is 0 Å². The maximum absolute atomic E-state index is 5.76. The number of aryl methyl sites for hydroxylation is 1. The highest BCUT2D eigenvalue weighted by atomic mass is 32.2. The van der Waals surface area contributed by atoms with Gasteiger partial charge in [-0.15, -0.1) is 0 Å². The lowest BCUT2D eigenvalue weighted by Crippen LogP contribution is -2.21. The maximum Gasteiger partial charge on any atom is 0.106 e. The van der Waals surface area contributed by atoms with E-state index in [4.69, 9.17) is 18.0 Å². The summed E-state index contributed by atoms with van der Waals surface area (Å²) >= 11 is 7.16. The molecule has 0 aromatic heterocycles. The summed E-state index contributed by atoms with van der Waals surface area (Å²) in [4.78, 5) is 0.469. The molecule has 4 heteroatoms. The summed E-state index contributed by atoms with van der Waals surface area (Å²) in [5, 5.41) is 3.53. The van der Waals surface area contributed by atoms with E-state index in [-0.39, 0.29) is 0 Å². The van der Waals surface area contributed by atoms with E-state index in [1.54, 1.807) is 0 Å². The topological polar surface area (TPSA) is 38.0 Å². The molecule has 1 aliphatic heterocycles. The van der Waals surface area contributed by atoms with Crippen LogP contribution in [0.15, 0.2) is 18.2 Å². The number of rotatable bonds is 4. The molecule has 0 spiro atoms. The van der Waals surface area contributed by atoms with Crippen LogP contribution in [0.4, 0.5) is 5.69 Å². The van der Waals surface area contributed by atoms with Gasteiger partial charge in [-0.05, 0) is 54.9 Å². The Morgan fingerprint density at radius 1 is 1.44 bits per heavy atom. The van der Waals surface area contributed by atoms with E-state index in [0.29, 0.717) is 4.99 Å². The molecule has 0 unspecified atom stereocenters. The first kappa shape index (κ1) is 13.7. The second kappa shape index (κ2) is 6.43. The third-order valence-corrected chi connectivity index (χ3v) is 4.63. The zero-order chi connectivity index (χ0) is 13.0. The van der Waals surface area contributed by atoms with Crippen molar-refractivity contribution in [2.75, 3.05) is 23.4 Å². The van der Waals surface area contributed by atoms with Crippen molar-refractivity contribution in [3.05, 3.63) is 29.3 Å². The van der Waals surface area contributed by atoms with Crippen molar-refractivity contribution in [3.8, 4) is 0 Å². The Morgan fingerprint density at radius 3 is 2.83 bits per heavy atom. The average Bonchev–Trinajstić information content (AvgIpc) is 2.37. The Morgan fingerprint density at radius 2 is 2.17 bits per heavy atom. The molecule has 1 saturated heterocycles. The minimum absolute atomic E-state index is 0.469. The van der Waals surface area contributed by atoms with Gasteiger partial charge in [-0.1, -0.05) is 18.3 Å². The Bertz CT molecular complexity index is 426. The molecule has 1 fully saturated rings. The van der Waals surface area contributed by atoms with Crippen LogP contribution in [0.1, 0.15) is 24.0 Å². The first-order valence-electron chi connectivity index (χ1n) is 6.39. The lowest BCUT2D eigenvalue weighted by molar-refractivity contribution is 0.516. The highest BCUT2D eigenvalue weighted by molar-refractivity contribution is 7.99. The van der Waals surface area contributed by atoms with E-state index in [2.05, 4.69) is 36.1 Å². The highest BCUT2D eigenvalue weighted by Gasteiger charge is 2.14. The van der Waals surface area contributed by atoms with Crippen LogP contribution in [0.2, 0.25) is 0 Å². The number of benzene rings is 1. The molecule has 1 heterocycles. The Labute approximate surface area is 119 Å². The predicted molar refractivity (Wildman–Crippen MR) is 85.6 cm³/mol. The van der Waals surface area contributed by atoms with Crippen LogP contribution in [-0.4, -0.2) is 23.0 Å². The molecule has 0 aliphatic carbocycles. The fourth-order valence-corrected chi connectivity index (χ4v) is 3.61. The summed E-state index contributed by atoms with van der Waals surface area (Å²) < 4.78 is 0. The van der Waals surface area contributed by atoms with E-state index in [0.717, 1.165) is 23.7 Å². The molecule has 0 bridgehead atoms. The Hall–Kier alpha value is -0.740. The zero-order valence-electron chi connectivity index (χ0n) is 10.7. The quantitative estimate of drug-likeness (QED) is 0.831. The van der Waals surface area contributed by atoms with Gasteiger partial charge in [0.25, 0.3) is 0 Å². The van der Waals surface area contributed by atoms with Gasteiger partial charge in [0.2, 0.25) is 0 Å². The van der Waals surface area contributed by atoms with Gasteiger partial charge in [0.1, 0.15) is 4.99 Å². The first-order valence-corrected chi connectivity index (χ1v) is 7.95. The van der Waals surface area contributed by atoms with E-state index >= 15 is 0 Å². The van der Waals surface area contributed by atoms with Crippen molar-refractivity contribution < 1.29 is 0 Å². The number of hydrogen-bond donors (Lipinski definition) is 2. The van der Waals surface area contributed by atoms with E-state index in [1.165, 1.54) is 29.9 Å². The van der Waals surface area contributed by atoms with Gasteiger partial charge in [-0.3, -0.25) is 0 Å². The molecule has 1 aliphatic rings. The van der Waals surface area contributed by atoms with Crippen LogP contribution < -0.4 is 11.1 Å². The number of anilines is 1. The molecule has 0 radical (unpaired) electrons. The predicted octanol–water partition coefficient (Wildman–Crippen LogP) is 3.18. The second-order valence-electron chi connectivity index (χ2n) is 4.85. The molecular weight excluding hydrogens is 260 g/mol. The second-order valence-corrected chi connectivity index (χ2v) is 6.51. The van der Waals surface area contributed by atoms with Gasteiger partial charge >= 0.3 is 0 Å². The molecular formula is C14H20N2S2. The fourth-order valence-electron chi connectivity index (χ4n) is 2.22. The fraction of sp³-hybridized carbons (Fsp3) is 0.500. The molecule has 2 rings (SSSR count). The third kappa shape index (κ3) is 3.62. The Balaban J connectivity index is 2.03. The number of nitrogens with one attached hydrogen (secondary N) is 1. The average molecular weight is 280 g/mol. The van der Waals surface area contributed by atoms with E-state index in [9.17, 15) is 0 Å². The number of hydrogen-bond acceptors (Lipinski definition) is 3. The third-order valence-electron chi connectivity index (χ3n) is 3.36. The van der Waals surface area contributed by atoms with Gasteiger partial charge < -0.3 is 11.1 Å². The van der Waals surface area contributed by atoms with Gasteiger partial charge in [0.05, 0.1) is 0 Å².